The molecule has 19 heavy (non-hydrogen) atoms. The zero-order valence-electron chi connectivity index (χ0n) is 11.9. The summed E-state index contributed by atoms with van der Waals surface area (Å²) in [5, 5.41) is 12.1. The lowest BCUT2D eigenvalue weighted by Gasteiger charge is -1.93. The van der Waals surface area contributed by atoms with Gasteiger partial charge in [-0.25, -0.2) is 0 Å². The number of aromatic amines is 1. The Hall–Kier alpha value is -2.30. The molecule has 3 N–H and O–H groups in total. The van der Waals surface area contributed by atoms with Crippen molar-refractivity contribution in [3.63, 3.8) is 0 Å². The molecule has 0 saturated carbocycles. The molecule has 5 nitrogen and oxygen atoms in total. The minimum atomic E-state index is 0.662. The van der Waals surface area contributed by atoms with Crippen LogP contribution in [0, 0.1) is 6.92 Å². The fourth-order valence-electron chi connectivity index (χ4n) is 1.15. The van der Waals surface area contributed by atoms with Crippen molar-refractivity contribution >= 4 is 17.9 Å². The van der Waals surface area contributed by atoms with Gasteiger partial charge in [-0.2, -0.15) is 5.10 Å². The minimum absolute atomic E-state index is 0.662. The van der Waals surface area contributed by atoms with E-state index in [1.165, 1.54) is 0 Å². The van der Waals surface area contributed by atoms with E-state index in [9.17, 15) is 4.79 Å². The van der Waals surface area contributed by atoms with Crippen LogP contribution in [0.25, 0.3) is 0 Å². The van der Waals surface area contributed by atoms with Crippen molar-refractivity contribution in [3.8, 4) is 0 Å². The van der Waals surface area contributed by atoms with E-state index in [2.05, 4.69) is 20.8 Å². The molecule has 0 unspecified atom stereocenters. The topological polar surface area (TPSA) is 69.8 Å². The van der Waals surface area contributed by atoms with E-state index in [-0.39, 0.29) is 0 Å². The molecule has 2 rings (SSSR count). The Balaban J connectivity index is 0.000000303. The number of hydrogen-bond acceptors (Lipinski definition) is 3. The molecule has 0 aliphatic carbocycles. The lowest BCUT2D eigenvalue weighted by atomic mass is 10.3. The van der Waals surface area contributed by atoms with Crippen molar-refractivity contribution in [2.75, 3.05) is 17.7 Å². The van der Waals surface area contributed by atoms with Gasteiger partial charge in [0.05, 0.1) is 0 Å². The van der Waals surface area contributed by atoms with Crippen LogP contribution in [0.2, 0.25) is 0 Å². The predicted octanol–water partition coefficient (Wildman–Crippen LogP) is 3.04. The van der Waals surface area contributed by atoms with Gasteiger partial charge in [0.25, 0.3) is 0 Å². The second-order valence-corrected chi connectivity index (χ2v) is 3.31. The monoisotopic (exact) mass is 262 g/mol. The first kappa shape index (κ1) is 16.7. The van der Waals surface area contributed by atoms with Gasteiger partial charge in [-0.1, -0.05) is 32.0 Å². The Morgan fingerprint density at radius 3 is 2.21 bits per heavy atom. The molecule has 1 heterocycles. The van der Waals surface area contributed by atoms with Crippen LogP contribution in [-0.2, 0) is 4.79 Å². The van der Waals surface area contributed by atoms with E-state index in [0.717, 1.165) is 17.2 Å². The van der Waals surface area contributed by atoms with E-state index in [0.29, 0.717) is 6.41 Å². The van der Waals surface area contributed by atoms with Gasteiger partial charge in [-0.05, 0) is 19.1 Å². The molecular weight excluding hydrogens is 240 g/mol. The van der Waals surface area contributed by atoms with E-state index in [1.54, 1.807) is 0 Å². The van der Waals surface area contributed by atoms with Crippen molar-refractivity contribution < 1.29 is 4.79 Å². The van der Waals surface area contributed by atoms with Crippen LogP contribution in [-0.4, -0.2) is 23.7 Å². The maximum absolute atomic E-state index is 9.86. The number of amides is 1. The van der Waals surface area contributed by atoms with Crippen molar-refractivity contribution in [2.24, 2.45) is 0 Å². The van der Waals surface area contributed by atoms with Crippen molar-refractivity contribution in [2.45, 2.75) is 20.8 Å². The van der Waals surface area contributed by atoms with Crippen LogP contribution >= 0.6 is 0 Å². The van der Waals surface area contributed by atoms with Crippen molar-refractivity contribution in [1.29, 1.82) is 0 Å². The highest BCUT2D eigenvalue weighted by atomic mass is 16.1. The molecule has 0 radical (unpaired) electrons. The molecule has 0 spiro atoms. The van der Waals surface area contributed by atoms with Gasteiger partial charge in [-0.15, -0.1) is 0 Å². The maximum Gasteiger partial charge on any atom is 0.211 e. The number of hydrogen-bond donors (Lipinski definition) is 3. The molecule has 2 aromatic rings. The fourth-order valence-corrected chi connectivity index (χ4v) is 1.15. The summed E-state index contributed by atoms with van der Waals surface area (Å²) in [7, 11) is 1.84. The number of aryl methyl sites for hydroxylation is 1. The van der Waals surface area contributed by atoms with E-state index >= 15 is 0 Å². The first-order chi connectivity index (χ1) is 9.26. The second kappa shape index (κ2) is 10.8. The molecule has 0 fully saturated rings. The molecule has 104 valence electrons. The molecule has 0 saturated heterocycles. The summed E-state index contributed by atoms with van der Waals surface area (Å²) in [6.07, 6.45) is 0.662. The van der Waals surface area contributed by atoms with E-state index < -0.39 is 0 Å². The van der Waals surface area contributed by atoms with Crippen LogP contribution in [0.4, 0.5) is 11.5 Å². The van der Waals surface area contributed by atoms with E-state index in [4.69, 9.17) is 0 Å². The molecule has 5 heteroatoms. The smallest absolute Gasteiger partial charge is 0.211 e. The normalized spacial score (nSPS) is 8.21. The lowest BCUT2D eigenvalue weighted by Crippen LogP contribution is -1.91. The summed E-state index contributed by atoms with van der Waals surface area (Å²) in [5.41, 5.74) is 1.90. The third-order valence-electron chi connectivity index (χ3n) is 1.96. The van der Waals surface area contributed by atoms with Gasteiger partial charge in [0, 0.05) is 24.5 Å². The van der Waals surface area contributed by atoms with Gasteiger partial charge in [0.1, 0.15) is 5.82 Å². The summed E-state index contributed by atoms with van der Waals surface area (Å²) in [6.45, 7) is 5.97. The van der Waals surface area contributed by atoms with Gasteiger partial charge in [-0.3, -0.25) is 9.89 Å². The predicted molar refractivity (Wildman–Crippen MR) is 80.3 cm³/mol. The second-order valence-electron chi connectivity index (χ2n) is 3.31. The standard InChI is InChI=1S/C7H7NO.C5H9N3.C2H6/c9-6-8-7-4-2-1-3-5-7;1-4-3-5(6-2)8-7-4;1-2/h1-6H,(H,8,9);3H,1-2H3,(H2,6,7,8);1-2H3. The van der Waals surface area contributed by atoms with Crippen LogP contribution in [0.3, 0.4) is 0 Å². The van der Waals surface area contributed by atoms with Gasteiger partial charge in [0.15, 0.2) is 0 Å². The number of H-pyrrole nitrogens is 1. The molecule has 0 atom stereocenters. The highest BCUT2D eigenvalue weighted by Crippen LogP contribution is 2.02. The summed E-state index contributed by atoms with van der Waals surface area (Å²) in [5.74, 6) is 0.891. The Labute approximate surface area is 114 Å². The van der Waals surface area contributed by atoms with Gasteiger partial charge >= 0.3 is 0 Å². The molecule has 1 aromatic heterocycles. The molecule has 0 aliphatic rings. The lowest BCUT2D eigenvalue weighted by molar-refractivity contribution is -0.105. The number of rotatable bonds is 3. The van der Waals surface area contributed by atoms with Crippen LogP contribution in [0.15, 0.2) is 36.4 Å². The van der Waals surface area contributed by atoms with Gasteiger partial charge in [0.2, 0.25) is 6.41 Å². The SMILES string of the molecule is CC.CNc1cc(C)[nH]n1.O=CNc1ccccc1. The molecule has 1 amide bonds. The van der Waals surface area contributed by atoms with Crippen molar-refractivity contribution in [1.82, 2.24) is 10.2 Å². The maximum atomic E-state index is 9.86. The molecule has 1 aromatic carbocycles. The molecule has 0 bridgehead atoms. The Morgan fingerprint density at radius 2 is 1.84 bits per heavy atom. The first-order valence-electron chi connectivity index (χ1n) is 6.21. The number of benzene rings is 1. The first-order valence-corrected chi connectivity index (χ1v) is 6.21. The molecule has 0 aliphatic heterocycles. The summed E-state index contributed by atoms with van der Waals surface area (Å²) in [6, 6.07) is 11.2. The summed E-state index contributed by atoms with van der Waals surface area (Å²) in [4.78, 5) is 9.86. The minimum Gasteiger partial charge on any atom is -0.372 e. The third-order valence-corrected chi connectivity index (χ3v) is 1.96. The number of carbonyl (C=O) groups is 1. The number of nitrogens with one attached hydrogen (secondary N) is 3. The largest absolute Gasteiger partial charge is 0.372 e. The zero-order valence-corrected chi connectivity index (χ0v) is 11.9. The highest BCUT2D eigenvalue weighted by molar-refractivity contribution is 5.70. The number of anilines is 2. The quantitative estimate of drug-likeness (QED) is 0.745. The number of carbonyl (C=O) groups excluding carboxylic acids is 1. The number of aromatic nitrogens is 2. The van der Waals surface area contributed by atoms with E-state index in [1.807, 2.05) is 64.2 Å². The number of para-hydroxylation sites is 1. The Kier molecular flexibility index (Phi) is 9.52. The van der Waals surface area contributed by atoms with Crippen LogP contribution < -0.4 is 10.6 Å². The molecular formula is C14H22N4O. The van der Waals surface area contributed by atoms with Crippen LogP contribution in [0.5, 0.6) is 0 Å². The highest BCUT2D eigenvalue weighted by Gasteiger charge is 1.89. The summed E-state index contributed by atoms with van der Waals surface area (Å²) >= 11 is 0. The Morgan fingerprint density at radius 1 is 1.21 bits per heavy atom. The van der Waals surface area contributed by atoms with Crippen LogP contribution in [0.1, 0.15) is 19.5 Å². The average molecular weight is 262 g/mol. The summed E-state index contributed by atoms with van der Waals surface area (Å²) < 4.78 is 0. The van der Waals surface area contributed by atoms with Gasteiger partial charge < -0.3 is 10.6 Å². The van der Waals surface area contributed by atoms with Crippen molar-refractivity contribution in [3.05, 3.63) is 42.1 Å². The zero-order chi connectivity index (χ0) is 14.5. The fraction of sp³-hybridized carbons (Fsp3) is 0.286. The third kappa shape index (κ3) is 7.59. The average Bonchev–Trinajstić information content (AvgIpc) is 2.89. The Bertz CT molecular complexity index is 440. The number of nitrogens with zero attached hydrogens (tertiary/aromatic N) is 1.